The van der Waals surface area contributed by atoms with E-state index in [0.29, 0.717) is 0 Å². The number of carboxylic acid groups (broad SMARTS) is 5. The van der Waals surface area contributed by atoms with E-state index in [4.69, 9.17) is 16.6 Å². The number of carboxylic acids is 5. The van der Waals surface area contributed by atoms with Crippen LogP contribution in [-0.2, 0) is 73.5 Å². The molecule has 1 aliphatic heterocycles. The van der Waals surface area contributed by atoms with Crippen molar-refractivity contribution in [1.29, 1.82) is 0 Å². The van der Waals surface area contributed by atoms with Gasteiger partial charge in [0.1, 0.15) is 54.1 Å². The number of nitrogens with one attached hydrogen (secondary N) is 7. The Kier molecular flexibility index (Phi) is 25.5. The molecule has 1 fully saturated rings. The number of aliphatic hydroxyl groups excluding tert-OH is 2. The smallest absolute Gasteiger partial charge is 0.326 e. The molecule has 2 rings (SSSR count). The van der Waals surface area contributed by atoms with Crippen LogP contribution in [0, 0.1) is 0 Å². The average molecular weight is 1070 g/mol. The molecule has 0 saturated carbocycles. The fourth-order valence-electron chi connectivity index (χ4n) is 7.14. The van der Waals surface area contributed by atoms with Crippen molar-refractivity contribution in [2.45, 2.75) is 125 Å². The topological polar surface area (TPSA) is 540 Å². The first-order chi connectivity index (χ1) is 35.2. The van der Waals surface area contributed by atoms with E-state index in [9.17, 15) is 103 Å². The molecule has 19 N–H and O–H groups in total. The number of carbonyl (C=O) groups is 14. The van der Waals surface area contributed by atoms with Crippen LogP contribution in [0.1, 0.15) is 69.8 Å². The van der Waals surface area contributed by atoms with Gasteiger partial charge in [-0.25, -0.2) is 4.79 Å². The molecule has 75 heavy (non-hydrogen) atoms. The first-order valence-electron chi connectivity index (χ1n) is 22.7. The van der Waals surface area contributed by atoms with Crippen LogP contribution in [0.3, 0.4) is 0 Å². The van der Waals surface area contributed by atoms with Gasteiger partial charge in [0, 0.05) is 32.2 Å². The molecule has 9 atom stereocenters. The van der Waals surface area contributed by atoms with Crippen LogP contribution in [0.25, 0.3) is 0 Å². The molecule has 1 aliphatic rings. The highest BCUT2D eigenvalue weighted by Gasteiger charge is 2.40. The average Bonchev–Trinajstić information content (AvgIpc) is 3.83. The quantitative estimate of drug-likeness (QED) is 0.0311. The van der Waals surface area contributed by atoms with Gasteiger partial charge in [0.15, 0.2) is 0 Å². The zero-order valence-corrected chi connectivity index (χ0v) is 39.8. The zero-order chi connectivity index (χ0) is 56.7. The summed E-state index contributed by atoms with van der Waals surface area (Å²) in [6, 6.07) is -11.3. The highest BCUT2D eigenvalue weighted by Crippen LogP contribution is 2.20. The minimum Gasteiger partial charge on any atom is -0.508 e. The normalized spacial score (nSPS) is 16.1. The number of aromatic hydroxyl groups is 1. The summed E-state index contributed by atoms with van der Waals surface area (Å²) in [5, 5.41) is 91.7. The largest absolute Gasteiger partial charge is 0.508 e. The lowest BCUT2D eigenvalue weighted by atomic mass is 10.0. The van der Waals surface area contributed by atoms with Crippen LogP contribution in [0.15, 0.2) is 24.3 Å². The highest BCUT2D eigenvalue weighted by molar-refractivity contribution is 5.99. The lowest BCUT2D eigenvalue weighted by Gasteiger charge is -2.30. The van der Waals surface area contributed by atoms with Crippen molar-refractivity contribution >= 4 is 83.0 Å². The third-order valence-electron chi connectivity index (χ3n) is 11.1. The molecular formula is C43H60N10O22. The summed E-state index contributed by atoms with van der Waals surface area (Å²) in [6.45, 7) is -2.55. The third-order valence-corrected chi connectivity index (χ3v) is 11.1. The second-order valence-corrected chi connectivity index (χ2v) is 16.9. The van der Waals surface area contributed by atoms with Crippen molar-refractivity contribution in [3.8, 4) is 5.75 Å². The molecule has 32 heteroatoms. The number of phenolic OH excluding ortho intramolecular Hbond substituents is 1. The van der Waals surface area contributed by atoms with Crippen LogP contribution in [-0.4, -0.2) is 203 Å². The molecule has 0 aromatic heterocycles. The van der Waals surface area contributed by atoms with Crippen molar-refractivity contribution in [2.24, 2.45) is 11.5 Å². The number of primary amides is 1. The number of nitrogens with zero attached hydrogens (tertiary/aromatic N) is 1. The van der Waals surface area contributed by atoms with Crippen LogP contribution in [0.4, 0.5) is 0 Å². The standard InChI is InChI=1S/C43H60N10O22/c44-21(7-10-31(58)59)35(66)46-22(8-11-32(60)61)36(67)49-25(16-34(64)65)39(70)51-27(17-54)40(71)48-24(14-19-3-5-20(56)6-4-19)38(69)47-23(9-12-33(62)63)37(68)52-28(18-55)42(73)53-13-1-2-29(53)41(72)50-26(43(74)75)15-30(45)57/h3-6,21-29,54-56H,1-2,7-18,44H2,(H2,45,57)(H,46,66)(H,47,69)(H,48,71)(H,49,67)(H,50,72)(H,51,70)(H,52,68)(H,58,59)(H,60,61)(H,62,63)(H,64,65)(H,74,75)/t21-,22-,23-,24-,25-,26-,27-,28-,29-/m0/s1. The Bertz CT molecular complexity index is 2300. The summed E-state index contributed by atoms with van der Waals surface area (Å²) < 4.78 is 0. The summed E-state index contributed by atoms with van der Waals surface area (Å²) in [7, 11) is 0. The number of amides is 9. The molecule has 414 valence electrons. The van der Waals surface area contributed by atoms with Crippen molar-refractivity contribution in [1.82, 2.24) is 42.1 Å². The molecule has 0 unspecified atom stereocenters. The van der Waals surface area contributed by atoms with Gasteiger partial charge in [0.25, 0.3) is 0 Å². The number of hydrogen-bond donors (Lipinski definition) is 17. The van der Waals surface area contributed by atoms with Gasteiger partial charge in [0.2, 0.25) is 53.2 Å². The van der Waals surface area contributed by atoms with Gasteiger partial charge in [-0.2, -0.15) is 0 Å². The molecule has 1 aromatic carbocycles. The minimum absolute atomic E-state index is 0.0222. The molecule has 0 bridgehead atoms. The Hall–Kier alpha value is -8.52. The van der Waals surface area contributed by atoms with E-state index >= 15 is 0 Å². The van der Waals surface area contributed by atoms with Gasteiger partial charge in [0.05, 0.1) is 32.1 Å². The van der Waals surface area contributed by atoms with E-state index in [-0.39, 0.29) is 30.7 Å². The molecule has 1 aromatic rings. The maximum absolute atomic E-state index is 14.1. The Morgan fingerprint density at radius 3 is 1.47 bits per heavy atom. The summed E-state index contributed by atoms with van der Waals surface area (Å²) in [5.41, 5.74) is 11.0. The Labute approximate surface area is 424 Å². The summed E-state index contributed by atoms with van der Waals surface area (Å²) in [6.07, 6.45) is -6.26. The lowest BCUT2D eigenvalue weighted by Crippen LogP contribution is -2.61. The summed E-state index contributed by atoms with van der Waals surface area (Å²) in [5.74, 6) is -18.8. The predicted octanol–water partition coefficient (Wildman–Crippen LogP) is -7.34. The zero-order valence-electron chi connectivity index (χ0n) is 39.8. The van der Waals surface area contributed by atoms with E-state index in [1.165, 1.54) is 24.3 Å². The SMILES string of the molecule is NC(=O)C[C@H](NC(=O)[C@@H]1CCCN1C(=O)[C@H](CO)NC(=O)[C@H](CCC(=O)O)NC(=O)[C@H](Cc1ccc(O)cc1)NC(=O)[C@H](CO)NC(=O)[C@H](CC(=O)O)NC(=O)[C@H](CCC(=O)O)NC(=O)[C@@H](N)CCC(=O)O)C(=O)O. The van der Waals surface area contributed by atoms with Gasteiger partial charge in [-0.15, -0.1) is 0 Å². The summed E-state index contributed by atoms with van der Waals surface area (Å²) >= 11 is 0. The first-order valence-corrected chi connectivity index (χ1v) is 22.7. The number of aliphatic carboxylic acids is 5. The van der Waals surface area contributed by atoms with Crippen molar-refractivity contribution in [3.05, 3.63) is 29.8 Å². The number of carbonyl (C=O) groups excluding carboxylic acids is 9. The van der Waals surface area contributed by atoms with Gasteiger partial charge in [-0.1, -0.05) is 12.1 Å². The van der Waals surface area contributed by atoms with E-state index in [1.54, 1.807) is 0 Å². The third kappa shape index (κ3) is 21.6. The molecule has 0 aliphatic carbocycles. The van der Waals surface area contributed by atoms with Gasteiger partial charge in [-0.05, 0) is 49.8 Å². The second kappa shape index (κ2) is 30.5. The summed E-state index contributed by atoms with van der Waals surface area (Å²) in [4.78, 5) is 177. The number of benzene rings is 1. The number of aliphatic hydroxyl groups is 2. The maximum atomic E-state index is 14.1. The lowest BCUT2D eigenvalue weighted by molar-refractivity contribution is -0.146. The minimum atomic E-state index is -2.12. The predicted molar refractivity (Wildman–Crippen MR) is 247 cm³/mol. The van der Waals surface area contributed by atoms with Gasteiger partial charge in [-0.3, -0.25) is 62.3 Å². The molecule has 1 saturated heterocycles. The van der Waals surface area contributed by atoms with E-state index in [2.05, 4.69) is 26.6 Å². The number of phenols is 1. The Balaban J connectivity index is 2.40. The van der Waals surface area contributed by atoms with E-state index in [1.807, 2.05) is 10.6 Å². The molecular weight excluding hydrogens is 1010 g/mol. The second-order valence-electron chi connectivity index (χ2n) is 16.9. The van der Waals surface area contributed by atoms with Crippen LogP contribution < -0.4 is 48.7 Å². The van der Waals surface area contributed by atoms with Crippen molar-refractivity contribution < 1.29 is 108 Å². The molecule has 0 radical (unpaired) electrons. The Morgan fingerprint density at radius 2 is 0.973 bits per heavy atom. The fraction of sp³-hybridized carbons (Fsp3) is 0.535. The number of likely N-dealkylation sites (tertiary alicyclic amines) is 1. The number of nitrogens with two attached hydrogens (primary N) is 2. The molecule has 1 heterocycles. The monoisotopic (exact) mass is 1070 g/mol. The molecule has 9 amide bonds. The van der Waals surface area contributed by atoms with Crippen molar-refractivity contribution in [3.63, 3.8) is 0 Å². The van der Waals surface area contributed by atoms with E-state index < -0.39 is 208 Å². The van der Waals surface area contributed by atoms with Crippen LogP contribution in [0.2, 0.25) is 0 Å². The van der Waals surface area contributed by atoms with Gasteiger partial charge < -0.3 is 94.4 Å². The number of hydrogen-bond acceptors (Lipinski definition) is 18. The van der Waals surface area contributed by atoms with Gasteiger partial charge >= 0.3 is 29.8 Å². The highest BCUT2D eigenvalue weighted by atomic mass is 16.4. The fourth-order valence-corrected chi connectivity index (χ4v) is 7.14. The molecule has 32 nitrogen and oxygen atoms in total. The maximum Gasteiger partial charge on any atom is 0.326 e. The van der Waals surface area contributed by atoms with Crippen LogP contribution in [0.5, 0.6) is 5.75 Å². The van der Waals surface area contributed by atoms with Crippen LogP contribution >= 0.6 is 0 Å². The molecule has 0 spiro atoms. The van der Waals surface area contributed by atoms with E-state index in [0.717, 1.165) is 4.90 Å². The number of rotatable bonds is 33. The van der Waals surface area contributed by atoms with Crippen molar-refractivity contribution in [2.75, 3.05) is 19.8 Å². The Morgan fingerprint density at radius 1 is 0.533 bits per heavy atom. The first kappa shape index (κ1) is 62.6.